The summed E-state index contributed by atoms with van der Waals surface area (Å²) in [5.74, 6) is -0.293. The third-order valence-corrected chi connectivity index (χ3v) is 4.87. The fourth-order valence-corrected chi connectivity index (χ4v) is 3.36. The van der Waals surface area contributed by atoms with Crippen molar-refractivity contribution in [2.45, 2.75) is 33.7 Å². The third kappa shape index (κ3) is 2.94. The summed E-state index contributed by atoms with van der Waals surface area (Å²) in [4.78, 5) is 24.7. The molecule has 0 fully saturated rings. The van der Waals surface area contributed by atoms with Crippen molar-refractivity contribution in [3.63, 3.8) is 0 Å². The maximum atomic E-state index is 12.4. The van der Waals surface area contributed by atoms with Gasteiger partial charge in [0.25, 0.3) is 5.91 Å². The summed E-state index contributed by atoms with van der Waals surface area (Å²) in [6, 6.07) is 6.79. The summed E-state index contributed by atoms with van der Waals surface area (Å²) in [5, 5.41) is 12.5. The zero-order valence-electron chi connectivity index (χ0n) is 13.8. The zero-order valence-corrected chi connectivity index (χ0v) is 14.6. The topological polar surface area (TPSA) is 76.9 Å². The van der Waals surface area contributed by atoms with Crippen LogP contribution in [0.25, 0.3) is 10.9 Å². The predicted octanol–water partition coefficient (Wildman–Crippen LogP) is 3.00. The lowest BCUT2D eigenvalue weighted by Crippen LogP contribution is -2.15. The quantitative estimate of drug-likeness (QED) is 0.791. The Morgan fingerprint density at radius 1 is 1.25 bits per heavy atom. The van der Waals surface area contributed by atoms with Crippen LogP contribution in [0.5, 0.6) is 0 Å². The number of nitrogens with zero attached hydrogens (tertiary/aromatic N) is 3. The highest BCUT2D eigenvalue weighted by Gasteiger charge is 2.13. The van der Waals surface area contributed by atoms with Crippen molar-refractivity contribution >= 4 is 33.3 Å². The van der Waals surface area contributed by atoms with Crippen molar-refractivity contribution in [3.05, 3.63) is 50.8 Å². The van der Waals surface area contributed by atoms with Gasteiger partial charge in [-0.2, -0.15) is 0 Å². The molecule has 3 rings (SSSR count). The first-order valence-corrected chi connectivity index (χ1v) is 8.63. The van der Waals surface area contributed by atoms with E-state index in [1.165, 1.54) is 11.3 Å². The maximum absolute atomic E-state index is 12.4. The molecular formula is C17H18N4O2S. The van der Waals surface area contributed by atoms with Gasteiger partial charge in [0.15, 0.2) is 5.43 Å². The van der Waals surface area contributed by atoms with Crippen molar-refractivity contribution in [1.82, 2.24) is 14.8 Å². The number of benzene rings is 1. The molecule has 3 aromatic rings. The minimum atomic E-state index is -0.293. The number of carbonyl (C=O) groups is 1. The van der Waals surface area contributed by atoms with E-state index >= 15 is 0 Å². The standard InChI is InChI=1S/C17H18N4O2S/c1-4-15-19-20-17(24-15)18-16(23)11-6-7-13-12(9-11)14(22)8-10(3)21(13)5-2/h6-9H,4-5H2,1-3H3,(H,18,20,23). The molecule has 0 bridgehead atoms. The SMILES string of the molecule is CCc1nnc(NC(=O)c2ccc3c(c2)c(=O)cc(C)n3CC)s1. The molecule has 0 atom stereocenters. The molecule has 1 aromatic carbocycles. The van der Waals surface area contributed by atoms with Crippen molar-refractivity contribution < 1.29 is 4.79 Å². The summed E-state index contributed by atoms with van der Waals surface area (Å²) in [6.07, 6.45) is 0.777. The second-order valence-corrected chi connectivity index (χ2v) is 6.50. The molecule has 0 unspecified atom stereocenters. The lowest BCUT2D eigenvalue weighted by atomic mass is 10.1. The number of fused-ring (bicyclic) bond motifs is 1. The van der Waals surface area contributed by atoms with Crippen LogP contribution >= 0.6 is 11.3 Å². The first kappa shape index (κ1) is 16.3. The van der Waals surface area contributed by atoms with Gasteiger partial charge in [-0.05, 0) is 38.5 Å². The van der Waals surface area contributed by atoms with E-state index in [1.54, 1.807) is 18.2 Å². The molecule has 0 saturated heterocycles. The van der Waals surface area contributed by atoms with Gasteiger partial charge in [0, 0.05) is 29.3 Å². The van der Waals surface area contributed by atoms with Gasteiger partial charge in [0.2, 0.25) is 5.13 Å². The Labute approximate surface area is 143 Å². The number of rotatable bonds is 4. The van der Waals surface area contributed by atoms with Crippen LogP contribution in [0.2, 0.25) is 0 Å². The summed E-state index contributed by atoms with van der Waals surface area (Å²) in [6.45, 7) is 6.68. The molecule has 0 spiro atoms. The summed E-state index contributed by atoms with van der Waals surface area (Å²) in [5.41, 5.74) is 2.10. The molecule has 1 N–H and O–H groups in total. The average Bonchev–Trinajstić information content (AvgIpc) is 3.02. The van der Waals surface area contributed by atoms with Crippen LogP contribution in [0.3, 0.4) is 0 Å². The lowest BCUT2D eigenvalue weighted by molar-refractivity contribution is 0.102. The van der Waals surface area contributed by atoms with E-state index < -0.39 is 0 Å². The van der Waals surface area contributed by atoms with E-state index in [0.29, 0.717) is 16.1 Å². The molecule has 2 heterocycles. The highest BCUT2D eigenvalue weighted by atomic mass is 32.1. The average molecular weight is 342 g/mol. The third-order valence-electron chi connectivity index (χ3n) is 3.89. The number of nitrogens with one attached hydrogen (secondary N) is 1. The van der Waals surface area contributed by atoms with E-state index in [9.17, 15) is 9.59 Å². The molecule has 7 heteroatoms. The van der Waals surface area contributed by atoms with E-state index in [1.807, 2.05) is 26.8 Å². The number of pyridine rings is 1. The Hall–Kier alpha value is -2.54. The highest BCUT2D eigenvalue weighted by molar-refractivity contribution is 7.15. The molecule has 24 heavy (non-hydrogen) atoms. The molecule has 1 amide bonds. The second kappa shape index (κ2) is 6.52. The number of hydrogen-bond donors (Lipinski definition) is 1. The molecule has 0 aliphatic heterocycles. The Bertz CT molecular complexity index is 974. The van der Waals surface area contributed by atoms with Gasteiger partial charge in [-0.15, -0.1) is 10.2 Å². The van der Waals surface area contributed by atoms with Crippen molar-refractivity contribution in [3.8, 4) is 0 Å². The summed E-state index contributed by atoms with van der Waals surface area (Å²) in [7, 11) is 0. The van der Waals surface area contributed by atoms with Crippen LogP contribution in [0.15, 0.2) is 29.1 Å². The summed E-state index contributed by atoms with van der Waals surface area (Å²) >= 11 is 1.35. The Morgan fingerprint density at radius 2 is 2.04 bits per heavy atom. The maximum Gasteiger partial charge on any atom is 0.257 e. The first-order valence-electron chi connectivity index (χ1n) is 7.81. The number of aryl methyl sites for hydroxylation is 3. The monoisotopic (exact) mass is 342 g/mol. The first-order chi connectivity index (χ1) is 11.5. The van der Waals surface area contributed by atoms with Gasteiger partial charge in [-0.3, -0.25) is 14.9 Å². The molecule has 0 aliphatic carbocycles. The lowest BCUT2D eigenvalue weighted by Gasteiger charge is -2.12. The number of amides is 1. The van der Waals surface area contributed by atoms with E-state index in [2.05, 4.69) is 20.1 Å². The van der Waals surface area contributed by atoms with Crippen molar-refractivity contribution in [1.29, 1.82) is 0 Å². The van der Waals surface area contributed by atoms with Crippen LogP contribution in [0, 0.1) is 6.92 Å². The molecule has 2 aromatic heterocycles. The smallest absolute Gasteiger partial charge is 0.257 e. The Balaban J connectivity index is 1.98. The van der Waals surface area contributed by atoms with Crippen LogP contribution < -0.4 is 10.7 Å². The minimum Gasteiger partial charge on any atom is -0.345 e. The second-order valence-electron chi connectivity index (χ2n) is 5.43. The number of carbonyl (C=O) groups excluding carboxylic acids is 1. The highest BCUT2D eigenvalue weighted by Crippen LogP contribution is 2.19. The zero-order chi connectivity index (χ0) is 17.3. The van der Waals surface area contributed by atoms with Gasteiger partial charge < -0.3 is 4.57 Å². The molecule has 124 valence electrons. The number of anilines is 1. The fourth-order valence-electron chi connectivity index (χ4n) is 2.68. The normalized spacial score (nSPS) is 11.0. The number of aromatic nitrogens is 3. The Kier molecular flexibility index (Phi) is 4.44. The van der Waals surface area contributed by atoms with E-state index in [0.717, 1.165) is 29.2 Å². The van der Waals surface area contributed by atoms with Crippen LogP contribution in [-0.4, -0.2) is 20.7 Å². The molecule has 0 radical (unpaired) electrons. The number of hydrogen-bond acceptors (Lipinski definition) is 5. The van der Waals surface area contributed by atoms with Gasteiger partial charge in [0.1, 0.15) is 5.01 Å². The molecule has 0 aliphatic rings. The predicted molar refractivity (Wildman–Crippen MR) is 95.9 cm³/mol. The van der Waals surface area contributed by atoms with Gasteiger partial charge in [0.05, 0.1) is 5.52 Å². The minimum absolute atomic E-state index is 0.0777. The van der Waals surface area contributed by atoms with Gasteiger partial charge in [-0.1, -0.05) is 18.3 Å². The summed E-state index contributed by atoms with van der Waals surface area (Å²) < 4.78 is 2.05. The van der Waals surface area contributed by atoms with Crippen molar-refractivity contribution in [2.75, 3.05) is 5.32 Å². The van der Waals surface area contributed by atoms with Crippen LogP contribution in [0.4, 0.5) is 5.13 Å². The van der Waals surface area contributed by atoms with Crippen molar-refractivity contribution in [2.24, 2.45) is 0 Å². The molecular weight excluding hydrogens is 324 g/mol. The molecule has 6 nitrogen and oxygen atoms in total. The van der Waals surface area contributed by atoms with Gasteiger partial charge >= 0.3 is 0 Å². The molecule has 0 saturated carbocycles. The van der Waals surface area contributed by atoms with Crippen LogP contribution in [0.1, 0.15) is 34.9 Å². The Morgan fingerprint density at radius 3 is 2.71 bits per heavy atom. The largest absolute Gasteiger partial charge is 0.345 e. The van der Waals surface area contributed by atoms with Gasteiger partial charge in [-0.25, -0.2) is 0 Å². The van der Waals surface area contributed by atoms with E-state index in [4.69, 9.17) is 0 Å². The van der Waals surface area contributed by atoms with E-state index in [-0.39, 0.29) is 11.3 Å². The van der Waals surface area contributed by atoms with Crippen LogP contribution in [-0.2, 0) is 13.0 Å². The fraction of sp³-hybridized carbons (Fsp3) is 0.294.